The van der Waals surface area contributed by atoms with Crippen molar-refractivity contribution in [2.45, 2.75) is 50.4 Å². The van der Waals surface area contributed by atoms with E-state index in [0.717, 1.165) is 25.0 Å². The lowest BCUT2D eigenvalue weighted by Gasteiger charge is -2.29. The molecule has 0 N–H and O–H groups in total. The predicted octanol–water partition coefficient (Wildman–Crippen LogP) is 4.86. The Kier molecular flexibility index (Phi) is 3.96. The Bertz CT molecular complexity index is 621. The molecule has 2 aliphatic heterocycles. The van der Waals surface area contributed by atoms with Crippen LogP contribution in [0, 0.1) is 0 Å². The summed E-state index contributed by atoms with van der Waals surface area (Å²) in [7, 11) is 0. The second-order valence-corrected chi connectivity index (χ2v) is 6.29. The first kappa shape index (κ1) is 17.0. The molecule has 0 aliphatic carbocycles. The second-order valence-electron chi connectivity index (χ2n) is 6.29. The van der Waals surface area contributed by atoms with Crippen molar-refractivity contribution in [3.63, 3.8) is 0 Å². The molecule has 2 saturated heterocycles. The van der Waals surface area contributed by atoms with Crippen LogP contribution in [0.5, 0.6) is 0 Å². The molecule has 8 heteroatoms. The average molecular weight is 349 g/mol. The van der Waals surface area contributed by atoms with E-state index in [2.05, 4.69) is 0 Å². The number of nitrogens with zero attached hydrogens (tertiary/aromatic N) is 1. The van der Waals surface area contributed by atoms with E-state index in [1.54, 1.807) is 0 Å². The number of amides is 1. The number of benzene rings is 1. The van der Waals surface area contributed by atoms with Crippen molar-refractivity contribution in [3.05, 3.63) is 34.9 Å². The standard InChI is InChI=1S/C16H16F5NO2/c1-15(17,18)10-6-9(7-11(8-10)16(19,20)21)13-12-4-2-3-5-22(12)14(23)24-13/h6-8,12-13H,2-5H2,1H3/t12-,13+/m0/s1. The Hall–Kier alpha value is -1.86. The lowest BCUT2D eigenvalue weighted by Crippen LogP contribution is -2.38. The molecular formula is C16H16F5NO2. The highest BCUT2D eigenvalue weighted by Gasteiger charge is 2.45. The van der Waals surface area contributed by atoms with Gasteiger partial charge < -0.3 is 9.64 Å². The number of halogens is 5. The summed E-state index contributed by atoms with van der Waals surface area (Å²) in [6.07, 6.45) is -4.15. The van der Waals surface area contributed by atoms with Crippen LogP contribution in [0.25, 0.3) is 0 Å². The minimum absolute atomic E-state index is 0.0379. The smallest absolute Gasteiger partial charge is 0.416 e. The molecule has 1 amide bonds. The zero-order valence-corrected chi connectivity index (χ0v) is 12.9. The van der Waals surface area contributed by atoms with Crippen molar-refractivity contribution >= 4 is 6.09 Å². The fourth-order valence-corrected chi connectivity index (χ4v) is 3.28. The van der Waals surface area contributed by atoms with Gasteiger partial charge in [-0.1, -0.05) is 0 Å². The molecule has 0 spiro atoms. The molecule has 2 aliphatic rings. The monoisotopic (exact) mass is 349 g/mol. The van der Waals surface area contributed by atoms with Gasteiger partial charge in [-0.2, -0.15) is 13.2 Å². The number of fused-ring (bicyclic) bond motifs is 1. The third-order valence-corrected chi connectivity index (χ3v) is 4.48. The van der Waals surface area contributed by atoms with Crippen molar-refractivity contribution < 1.29 is 31.5 Å². The maximum Gasteiger partial charge on any atom is 0.416 e. The van der Waals surface area contributed by atoms with E-state index in [1.807, 2.05) is 0 Å². The summed E-state index contributed by atoms with van der Waals surface area (Å²) in [6, 6.07) is 1.84. The Morgan fingerprint density at radius 3 is 2.38 bits per heavy atom. The molecule has 0 unspecified atom stereocenters. The van der Waals surface area contributed by atoms with Gasteiger partial charge in [-0.3, -0.25) is 0 Å². The highest BCUT2D eigenvalue weighted by Crippen LogP contribution is 2.42. The van der Waals surface area contributed by atoms with Crippen LogP contribution < -0.4 is 0 Å². The molecular weight excluding hydrogens is 333 g/mol. The first-order valence-corrected chi connectivity index (χ1v) is 7.65. The Balaban J connectivity index is 2.05. The van der Waals surface area contributed by atoms with Gasteiger partial charge in [0.1, 0.15) is 6.10 Å². The maximum atomic E-state index is 13.6. The lowest BCUT2D eigenvalue weighted by atomic mass is 9.91. The van der Waals surface area contributed by atoms with Crippen molar-refractivity contribution in [3.8, 4) is 0 Å². The molecule has 132 valence electrons. The number of hydrogen-bond donors (Lipinski definition) is 0. The summed E-state index contributed by atoms with van der Waals surface area (Å²) >= 11 is 0. The van der Waals surface area contributed by atoms with E-state index in [9.17, 15) is 26.7 Å². The molecule has 1 aromatic carbocycles. The van der Waals surface area contributed by atoms with E-state index in [0.29, 0.717) is 26.0 Å². The van der Waals surface area contributed by atoms with E-state index in [4.69, 9.17) is 4.74 Å². The molecule has 2 atom stereocenters. The molecule has 0 bridgehead atoms. The van der Waals surface area contributed by atoms with Crippen LogP contribution in [0.4, 0.5) is 26.7 Å². The second kappa shape index (κ2) is 5.60. The van der Waals surface area contributed by atoms with E-state index >= 15 is 0 Å². The summed E-state index contributed by atoms with van der Waals surface area (Å²) in [5.74, 6) is -3.43. The van der Waals surface area contributed by atoms with Gasteiger partial charge in [-0.15, -0.1) is 0 Å². The van der Waals surface area contributed by atoms with Crippen molar-refractivity contribution in [1.82, 2.24) is 4.90 Å². The summed E-state index contributed by atoms with van der Waals surface area (Å²) in [5.41, 5.74) is -1.94. The number of rotatable bonds is 2. The number of carbonyl (C=O) groups is 1. The fraction of sp³-hybridized carbons (Fsp3) is 0.562. The molecule has 1 aromatic rings. The summed E-state index contributed by atoms with van der Waals surface area (Å²) in [6.45, 7) is 1.01. The molecule has 0 radical (unpaired) electrons. The van der Waals surface area contributed by atoms with Crippen LogP contribution in [-0.4, -0.2) is 23.6 Å². The van der Waals surface area contributed by atoms with Crippen molar-refractivity contribution in [2.75, 3.05) is 6.54 Å². The predicted molar refractivity (Wildman–Crippen MR) is 74.6 cm³/mol. The topological polar surface area (TPSA) is 29.5 Å². The van der Waals surface area contributed by atoms with E-state index < -0.39 is 41.5 Å². The molecule has 3 nitrogen and oxygen atoms in total. The Morgan fingerprint density at radius 1 is 1.08 bits per heavy atom. The fourth-order valence-electron chi connectivity index (χ4n) is 3.28. The number of ether oxygens (including phenoxy) is 1. The SMILES string of the molecule is CC(F)(F)c1cc([C@H]2OC(=O)N3CCCC[C@@H]23)cc(C(F)(F)F)c1. The Labute approximate surface area is 135 Å². The summed E-state index contributed by atoms with van der Waals surface area (Å²) in [5, 5.41) is 0. The van der Waals surface area contributed by atoms with Crippen LogP contribution in [0.15, 0.2) is 18.2 Å². The van der Waals surface area contributed by atoms with Gasteiger partial charge in [0.05, 0.1) is 11.6 Å². The summed E-state index contributed by atoms with van der Waals surface area (Å²) in [4.78, 5) is 13.4. The molecule has 2 heterocycles. The normalized spacial score (nSPS) is 24.8. The van der Waals surface area contributed by atoms with Gasteiger partial charge in [0.25, 0.3) is 5.92 Å². The first-order valence-electron chi connectivity index (χ1n) is 7.65. The number of carbonyl (C=O) groups excluding carboxylic acids is 1. The van der Waals surface area contributed by atoms with Crippen LogP contribution in [0.3, 0.4) is 0 Å². The highest BCUT2D eigenvalue weighted by molar-refractivity contribution is 5.71. The van der Waals surface area contributed by atoms with Gasteiger partial charge in [0.15, 0.2) is 0 Å². The van der Waals surface area contributed by atoms with Gasteiger partial charge in [0, 0.05) is 19.0 Å². The molecule has 2 fully saturated rings. The minimum Gasteiger partial charge on any atom is -0.439 e. The van der Waals surface area contributed by atoms with Gasteiger partial charge >= 0.3 is 12.3 Å². The zero-order valence-electron chi connectivity index (χ0n) is 12.9. The first-order chi connectivity index (χ1) is 11.1. The van der Waals surface area contributed by atoms with Crippen molar-refractivity contribution in [2.24, 2.45) is 0 Å². The van der Waals surface area contributed by atoms with Gasteiger partial charge in [-0.05, 0) is 43.0 Å². The number of hydrogen-bond acceptors (Lipinski definition) is 2. The van der Waals surface area contributed by atoms with E-state index in [1.165, 1.54) is 4.90 Å². The average Bonchev–Trinajstić information content (AvgIpc) is 2.83. The minimum atomic E-state index is -4.76. The molecule has 0 saturated carbocycles. The van der Waals surface area contributed by atoms with Crippen LogP contribution >= 0.6 is 0 Å². The van der Waals surface area contributed by atoms with Crippen molar-refractivity contribution in [1.29, 1.82) is 0 Å². The molecule has 0 aromatic heterocycles. The Morgan fingerprint density at radius 2 is 1.75 bits per heavy atom. The van der Waals surface area contributed by atoms with Gasteiger partial charge in [0.2, 0.25) is 0 Å². The highest BCUT2D eigenvalue weighted by atomic mass is 19.4. The summed E-state index contributed by atoms with van der Waals surface area (Å²) < 4.78 is 71.6. The quantitative estimate of drug-likeness (QED) is 0.714. The van der Waals surface area contributed by atoms with Crippen LogP contribution in [0.2, 0.25) is 0 Å². The third-order valence-electron chi connectivity index (χ3n) is 4.48. The largest absolute Gasteiger partial charge is 0.439 e. The van der Waals surface area contributed by atoms with Crippen LogP contribution in [0.1, 0.15) is 49.0 Å². The van der Waals surface area contributed by atoms with Crippen LogP contribution in [-0.2, 0) is 16.8 Å². The molecule has 24 heavy (non-hydrogen) atoms. The number of alkyl halides is 5. The maximum absolute atomic E-state index is 13.6. The number of cyclic esters (lactones) is 1. The number of piperidine rings is 1. The lowest BCUT2D eigenvalue weighted by molar-refractivity contribution is -0.137. The van der Waals surface area contributed by atoms with E-state index in [-0.39, 0.29) is 5.56 Å². The third kappa shape index (κ3) is 3.06. The van der Waals surface area contributed by atoms with Gasteiger partial charge in [-0.25, -0.2) is 13.6 Å². The zero-order chi connectivity index (χ0) is 17.7. The molecule has 3 rings (SSSR count).